The molecule has 4 rings (SSSR count). The maximum atomic E-state index is 12.7. The maximum absolute atomic E-state index is 12.7. The molecule has 32 heavy (non-hydrogen) atoms. The zero-order chi connectivity index (χ0) is 22.3. The second-order valence-corrected chi connectivity index (χ2v) is 8.20. The monoisotopic (exact) mass is 423 g/mol. The van der Waals surface area contributed by atoms with Crippen LogP contribution >= 0.6 is 0 Å². The van der Waals surface area contributed by atoms with Gasteiger partial charge in [0.15, 0.2) is 5.78 Å². The second-order valence-electron chi connectivity index (χ2n) is 8.20. The third kappa shape index (κ3) is 4.86. The number of hydrogen-bond acceptors (Lipinski definition) is 3. The number of carbonyl (C=O) groups excluding carboxylic acids is 1. The summed E-state index contributed by atoms with van der Waals surface area (Å²) in [5.74, 6) is 0.0348. The Morgan fingerprint density at radius 1 is 0.844 bits per heavy atom. The van der Waals surface area contributed by atoms with Gasteiger partial charge in [-0.25, -0.2) is 0 Å². The van der Waals surface area contributed by atoms with E-state index in [1.54, 1.807) is 0 Å². The van der Waals surface area contributed by atoms with E-state index in [0.717, 1.165) is 40.9 Å². The average Bonchev–Trinajstić information content (AvgIpc) is 3.30. The number of ketones is 1. The molecule has 4 nitrogen and oxygen atoms in total. The van der Waals surface area contributed by atoms with E-state index < -0.39 is 0 Å². The van der Waals surface area contributed by atoms with Crippen LogP contribution in [0, 0.1) is 6.92 Å². The van der Waals surface area contributed by atoms with E-state index in [9.17, 15) is 4.79 Å². The summed E-state index contributed by atoms with van der Waals surface area (Å²) < 4.78 is 1.95. The first-order valence-corrected chi connectivity index (χ1v) is 11.4. The molecule has 0 atom stereocenters. The Morgan fingerprint density at radius 2 is 1.59 bits per heavy atom. The van der Waals surface area contributed by atoms with E-state index in [-0.39, 0.29) is 5.78 Å². The summed E-state index contributed by atoms with van der Waals surface area (Å²) in [7, 11) is 0. The molecular weight excluding hydrogens is 394 g/mol. The Morgan fingerprint density at radius 3 is 2.34 bits per heavy atom. The minimum atomic E-state index is 0.0348. The van der Waals surface area contributed by atoms with Crippen molar-refractivity contribution in [1.29, 1.82) is 0 Å². The molecule has 3 aromatic carbocycles. The predicted molar refractivity (Wildman–Crippen MR) is 130 cm³/mol. The molecule has 0 aliphatic heterocycles. The molecule has 0 fully saturated rings. The van der Waals surface area contributed by atoms with Gasteiger partial charge in [0.25, 0.3) is 0 Å². The third-order valence-electron chi connectivity index (χ3n) is 5.80. The van der Waals surface area contributed by atoms with Gasteiger partial charge < -0.3 is 0 Å². The third-order valence-corrected chi connectivity index (χ3v) is 5.80. The molecule has 0 saturated carbocycles. The number of carbonyl (C=O) groups is 1. The Hall–Kier alpha value is -3.53. The lowest BCUT2D eigenvalue weighted by Gasteiger charge is -2.11. The fourth-order valence-electron chi connectivity index (χ4n) is 4.03. The van der Waals surface area contributed by atoms with Gasteiger partial charge in [0.2, 0.25) is 0 Å². The van der Waals surface area contributed by atoms with Crippen molar-refractivity contribution in [1.82, 2.24) is 15.0 Å². The molecule has 0 N–H and O–H groups in total. The maximum Gasteiger partial charge on any atom is 0.193 e. The summed E-state index contributed by atoms with van der Waals surface area (Å²) in [6.07, 6.45) is 6.87. The van der Waals surface area contributed by atoms with Crippen molar-refractivity contribution in [2.45, 2.75) is 46.1 Å². The lowest BCUT2D eigenvalue weighted by Crippen LogP contribution is -2.00. The Balaban J connectivity index is 1.60. The molecule has 0 aliphatic rings. The van der Waals surface area contributed by atoms with Gasteiger partial charge in [-0.3, -0.25) is 9.48 Å². The lowest BCUT2D eigenvalue weighted by molar-refractivity contribution is 0.103. The summed E-state index contributed by atoms with van der Waals surface area (Å²) in [4.78, 5) is 12.7. The average molecular weight is 424 g/mol. The summed E-state index contributed by atoms with van der Waals surface area (Å²) in [5, 5.41) is 8.84. The largest absolute Gasteiger partial charge is 0.289 e. The predicted octanol–water partition coefficient (Wildman–Crippen LogP) is 6.73. The van der Waals surface area contributed by atoms with Crippen molar-refractivity contribution in [3.05, 3.63) is 95.7 Å². The SMILES string of the molecule is CCCCCCn1cc(-c2c(C)cccc2-c2ccc(C(=O)c3ccccc3)cc2)nn1. The number of nitrogens with zero attached hydrogens (tertiary/aromatic N) is 3. The first-order valence-electron chi connectivity index (χ1n) is 11.4. The molecule has 4 heteroatoms. The van der Waals surface area contributed by atoms with Crippen LogP contribution in [-0.4, -0.2) is 20.8 Å². The van der Waals surface area contributed by atoms with Crippen LogP contribution in [0.15, 0.2) is 79.0 Å². The fraction of sp³-hybridized carbons (Fsp3) is 0.250. The number of benzene rings is 3. The molecule has 0 aliphatic carbocycles. The number of unbranched alkanes of at least 4 members (excludes halogenated alkanes) is 3. The number of hydrogen-bond donors (Lipinski definition) is 0. The van der Waals surface area contributed by atoms with Gasteiger partial charge in [-0.2, -0.15) is 0 Å². The van der Waals surface area contributed by atoms with Crippen LogP contribution in [0.2, 0.25) is 0 Å². The Kier molecular flexibility index (Phi) is 6.90. The number of aromatic nitrogens is 3. The van der Waals surface area contributed by atoms with E-state index in [0.29, 0.717) is 11.1 Å². The molecule has 0 spiro atoms. The van der Waals surface area contributed by atoms with Crippen molar-refractivity contribution < 1.29 is 4.79 Å². The fourth-order valence-corrected chi connectivity index (χ4v) is 4.03. The standard InChI is InChI=1S/C28H29N3O/c1-3-4-5-9-19-31-20-26(29-30-31)27-21(2)11-10-14-25(27)22-15-17-24(18-16-22)28(32)23-12-7-6-8-13-23/h6-8,10-18,20H,3-5,9,19H2,1-2H3. The van der Waals surface area contributed by atoms with Gasteiger partial charge in [0, 0.05) is 23.2 Å². The first kappa shape index (κ1) is 21.7. The van der Waals surface area contributed by atoms with Gasteiger partial charge >= 0.3 is 0 Å². The summed E-state index contributed by atoms with van der Waals surface area (Å²) >= 11 is 0. The molecule has 1 heterocycles. The minimum absolute atomic E-state index is 0.0348. The van der Waals surface area contributed by atoms with E-state index >= 15 is 0 Å². The van der Waals surface area contributed by atoms with Crippen molar-refractivity contribution in [3.63, 3.8) is 0 Å². The zero-order valence-electron chi connectivity index (χ0n) is 18.8. The van der Waals surface area contributed by atoms with Gasteiger partial charge in [-0.15, -0.1) is 5.10 Å². The highest BCUT2D eigenvalue weighted by Gasteiger charge is 2.15. The van der Waals surface area contributed by atoms with Crippen LogP contribution in [0.25, 0.3) is 22.4 Å². The highest BCUT2D eigenvalue weighted by Crippen LogP contribution is 2.34. The molecule has 1 aromatic heterocycles. The van der Waals surface area contributed by atoms with Crippen molar-refractivity contribution in [3.8, 4) is 22.4 Å². The van der Waals surface area contributed by atoms with E-state index in [1.807, 2.05) is 65.5 Å². The van der Waals surface area contributed by atoms with Crippen LogP contribution in [-0.2, 0) is 6.54 Å². The first-order chi connectivity index (χ1) is 15.7. The van der Waals surface area contributed by atoms with Crippen LogP contribution in [0.1, 0.15) is 54.1 Å². The summed E-state index contributed by atoms with van der Waals surface area (Å²) in [6, 6.07) is 23.5. The van der Waals surface area contributed by atoms with Crippen LogP contribution in [0.5, 0.6) is 0 Å². The zero-order valence-corrected chi connectivity index (χ0v) is 18.8. The van der Waals surface area contributed by atoms with Crippen molar-refractivity contribution in [2.24, 2.45) is 0 Å². The van der Waals surface area contributed by atoms with E-state index in [2.05, 4.69) is 42.4 Å². The van der Waals surface area contributed by atoms with Gasteiger partial charge in [0.1, 0.15) is 5.69 Å². The second kappa shape index (κ2) is 10.2. The quantitative estimate of drug-likeness (QED) is 0.221. The van der Waals surface area contributed by atoms with Crippen LogP contribution in [0.3, 0.4) is 0 Å². The number of rotatable bonds is 9. The molecule has 0 saturated heterocycles. The van der Waals surface area contributed by atoms with Crippen molar-refractivity contribution >= 4 is 5.78 Å². The highest BCUT2D eigenvalue weighted by molar-refractivity contribution is 6.09. The van der Waals surface area contributed by atoms with Gasteiger partial charge in [-0.05, 0) is 30.0 Å². The molecule has 0 bridgehead atoms. The molecule has 4 aromatic rings. The molecule has 0 radical (unpaired) electrons. The van der Waals surface area contributed by atoms with E-state index in [1.165, 1.54) is 19.3 Å². The Bertz CT molecular complexity index is 1180. The molecule has 162 valence electrons. The summed E-state index contributed by atoms with van der Waals surface area (Å²) in [5.41, 5.74) is 6.68. The molecule has 0 unspecified atom stereocenters. The number of aryl methyl sites for hydroxylation is 2. The van der Waals surface area contributed by atoms with Gasteiger partial charge in [-0.1, -0.05) is 104 Å². The van der Waals surface area contributed by atoms with Crippen LogP contribution < -0.4 is 0 Å². The topological polar surface area (TPSA) is 47.8 Å². The normalized spacial score (nSPS) is 10.9. The van der Waals surface area contributed by atoms with Gasteiger partial charge in [0.05, 0.1) is 6.20 Å². The van der Waals surface area contributed by atoms with Crippen LogP contribution in [0.4, 0.5) is 0 Å². The summed E-state index contributed by atoms with van der Waals surface area (Å²) in [6.45, 7) is 5.22. The molecular formula is C28H29N3O. The van der Waals surface area contributed by atoms with E-state index in [4.69, 9.17) is 0 Å². The highest BCUT2D eigenvalue weighted by atomic mass is 16.1. The Labute approximate surface area is 189 Å². The van der Waals surface area contributed by atoms with Crippen molar-refractivity contribution in [2.75, 3.05) is 0 Å². The lowest BCUT2D eigenvalue weighted by atomic mass is 9.93. The molecule has 0 amide bonds. The minimum Gasteiger partial charge on any atom is -0.289 e. The smallest absolute Gasteiger partial charge is 0.193 e.